The molecule has 0 saturated heterocycles. The van der Waals surface area contributed by atoms with E-state index in [1.165, 1.54) is 13.9 Å². The van der Waals surface area contributed by atoms with Crippen LogP contribution in [0.25, 0.3) is 0 Å². The summed E-state index contributed by atoms with van der Waals surface area (Å²) < 4.78 is 1.52. The van der Waals surface area contributed by atoms with E-state index < -0.39 is 0 Å². The predicted molar refractivity (Wildman–Crippen MR) is 60.0 cm³/mol. The molecule has 0 unspecified atom stereocenters. The standard InChI is InChI=1S/C12H17.Na/c1-9(2)11-6-5-7-12(8-11)10(3)4;/h6-10H,1-4H3;. The zero-order chi connectivity index (χ0) is 10.0. The molecule has 13 heavy (non-hydrogen) atoms. The minimum absolute atomic E-state index is 0.659. The van der Waals surface area contributed by atoms with E-state index >= 15 is 0 Å². The monoisotopic (exact) mass is 184 g/mol. The Hall–Kier alpha value is 0.220. The minimum atomic E-state index is 0.659. The van der Waals surface area contributed by atoms with Gasteiger partial charge in [-0.25, -0.2) is 0 Å². The first kappa shape index (κ1) is 11.3. The van der Waals surface area contributed by atoms with Crippen LogP contribution in [0, 0.1) is 0 Å². The Morgan fingerprint density at radius 2 is 1.23 bits per heavy atom. The Morgan fingerprint density at radius 1 is 0.846 bits per heavy atom. The van der Waals surface area contributed by atoms with Gasteiger partial charge in [0, 0.05) is 0 Å². The van der Waals surface area contributed by atoms with Gasteiger partial charge >= 0.3 is 99.6 Å². The molecule has 0 spiro atoms. The Morgan fingerprint density at radius 3 is 1.54 bits per heavy atom. The van der Waals surface area contributed by atoms with E-state index in [2.05, 4.69) is 45.9 Å². The SMILES string of the molecule is CC(C)c1c[c]([Na])cc(C(C)C)c1. The second kappa shape index (κ2) is 4.63. The van der Waals surface area contributed by atoms with Crippen LogP contribution in [0.1, 0.15) is 50.7 Å². The normalized spacial score (nSPS) is 11.4. The first-order valence-corrected chi connectivity index (χ1v) is 6.12. The maximum atomic E-state index is 2.36. The van der Waals surface area contributed by atoms with E-state index in [0.717, 1.165) is 27.9 Å². The van der Waals surface area contributed by atoms with Crippen LogP contribution in [-0.4, -0.2) is 27.9 Å². The summed E-state index contributed by atoms with van der Waals surface area (Å²) in [5.41, 5.74) is 2.99. The summed E-state index contributed by atoms with van der Waals surface area (Å²) in [5, 5.41) is 0. The van der Waals surface area contributed by atoms with E-state index in [9.17, 15) is 0 Å². The Balaban J connectivity index is 3.11. The average Bonchev–Trinajstić information content (AvgIpc) is 2.03. The van der Waals surface area contributed by atoms with Gasteiger partial charge < -0.3 is 0 Å². The van der Waals surface area contributed by atoms with Crippen molar-refractivity contribution in [1.29, 1.82) is 0 Å². The maximum absolute atomic E-state index is 2.36. The molecule has 0 atom stereocenters. The van der Waals surface area contributed by atoms with Crippen molar-refractivity contribution >= 4 is 30.7 Å². The van der Waals surface area contributed by atoms with Gasteiger partial charge in [-0.3, -0.25) is 0 Å². The zero-order valence-corrected chi connectivity index (χ0v) is 11.4. The molecular formula is C12H17Na. The number of hydrogen-bond donors (Lipinski definition) is 0. The summed E-state index contributed by atoms with van der Waals surface area (Å²) in [6, 6.07) is 7.06. The van der Waals surface area contributed by atoms with Crippen molar-refractivity contribution in [3.8, 4) is 0 Å². The quantitative estimate of drug-likeness (QED) is 0.620. The molecule has 1 aromatic carbocycles. The van der Waals surface area contributed by atoms with Crippen LogP contribution in [0.15, 0.2) is 18.2 Å². The summed E-state index contributed by atoms with van der Waals surface area (Å²) in [5.74, 6) is 1.32. The van der Waals surface area contributed by atoms with Crippen LogP contribution in [0.4, 0.5) is 0 Å². The summed E-state index contributed by atoms with van der Waals surface area (Å²) in [4.78, 5) is 0. The van der Waals surface area contributed by atoms with E-state index in [0.29, 0.717) is 11.8 Å². The third kappa shape index (κ3) is 3.12. The van der Waals surface area contributed by atoms with Gasteiger partial charge in [-0.15, -0.1) is 0 Å². The molecule has 66 valence electrons. The van der Waals surface area contributed by atoms with Crippen molar-refractivity contribution in [1.82, 2.24) is 0 Å². The van der Waals surface area contributed by atoms with Gasteiger partial charge in [-0.2, -0.15) is 0 Å². The van der Waals surface area contributed by atoms with Crippen molar-refractivity contribution in [3.63, 3.8) is 0 Å². The van der Waals surface area contributed by atoms with Gasteiger partial charge in [-0.05, 0) is 0 Å². The van der Waals surface area contributed by atoms with Crippen molar-refractivity contribution in [2.75, 3.05) is 0 Å². The van der Waals surface area contributed by atoms with Crippen molar-refractivity contribution < 1.29 is 0 Å². The molecule has 0 heterocycles. The molecule has 0 aromatic heterocycles. The molecule has 0 nitrogen and oxygen atoms in total. The van der Waals surface area contributed by atoms with Crippen LogP contribution in [-0.2, 0) is 0 Å². The first-order chi connectivity index (χ1) is 6.00. The Kier molecular flexibility index (Phi) is 4.03. The third-order valence-electron chi connectivity index (χ3n) is 2.46. The molecule has 0 N–H and O–H groups in total. The van der Waals surface area contributed by atoms with Gasteiger partial charge in [-0.1, -0.05) is 0 Å². The van der Waals surface area contributed by atoms with Gasteiger partial charge in [0.15, 0.2) is 0 Å². The molecule has 0 amide bonds. The molecule has 1 aromatic rings. The van der Waals surface area contributed by atoms with E-state index in [-0.39, 0.29) is 0 Å². The van der Waals surface area contributed by atoms with Crippen LogP contribution < -0.4 is 2.81 Å². The summed E-state index contributed by atoms with van der Waals surface area (Å²) in [6.45, 7) is 9.06. The summed E-state index contributed by atoms with van der Waals surface area (Å²) >= 11 is 1.16. The third-order valence-corrected chi connectivity index (χ3v) is 3.03. The molecule has 0 aliphatic carbocycles. The Bertz CT molecular complexity index is 261. The predicted octanol–water partition coefficient (Wildman–Crippen LogP) is 2.73. The van der Waals surface area contributed by atoms with Crippen LogP contribution in [0.5, 0.6) is 0 Å². The van der Waals surface area contributed by atoms with Crippen LogP contribution >= 0.6 is 0 Å². The topological polar surface area (TPSA) is 0 Å². The fraction of sp³-hybridized carbons (Fsp3) is 0.500. The molecular weight excluding hydrogens is 167 g/mol. The van der Waals surface area contributed by atoms with E-state index in [1.54, 1.807) is 0 Å². The van der Waals surface area contributed by atoms with Gasteiger partial charge in [0.05, 0.1) is 0 Å². The molecule has 0 bridgehead atoms. The second-order valence-corrected chi connectivity index (χ2v) is 5.64. The number of rotatable bonds is 2. The molecule has 0 aliphatic rings. The first-order valence-electron chi connectivity index (χ1n) is 5.12. The molecule has 1 heteroatoms. The fourth-order valence-electron chi connectivity index (χ4n) is 1.51. The molecule has 0 saturated carbocycles. The second-order valence-electron chi connectivity index (χ2n) is 4.49. The number of hydrogen-bond acceptors (Lipinski definition) is 0. The molecule has 0 radical (unpaired) electrons. The fourth-order valence-corrected chi connectivity index (χ4v) is 2.18. The molecule has 0 fully saturated rings. The average molecular weight is 184 g/mol. The molecule has 0 aliphatic heterocycles. The summed E-state index contributed by atoms with van der Waals surface area (Å²) in [6.07, 6.45) is 0. The van der Waals surface area contributed by atoms with Gasteiger partial charge in [0.1, 0.15) is 0 Å². The Labute approximate surface area is 99.2 Å². The van der Waals surface area contributed by atoms with Gasteiger partial charge in [0.25, 0.3) is 0 Å². The van der Waals surface area contributed by atoms with E-state index in [1.807, 2.05) is 0 Å². The van der Waals surface area contributed by atoms with Crippen LogP contribution in [0.2, 0.25) is 0 Å². The van der Waals surface area contributed by atoms with E-state index in [4.69, 9.17) is 0 Å². The van der Waals surface area contributed by atoms with Crippen molar-refractivity contribution in [3.05, 3.63) is 29.3 Å². The molecule has 1 rings (SSSR count). The summed E-state index contributed by atoms with van der Waals surface area (Å²) in [7, 11) is 0. The van der Waals surface area contributed by atoms with Gasteiger partial charge in [0.2, 0.25) is 0 Å². The zero-order valence-electron chi connectivity index (χ0n) is 9.39. The number of benzene rings is 1. The van der Waals surface area contributed by atoms with Crippen molar-refractivity contribution in [2.24, 2.45) is 0 Å². The van der Waals surface area contributed by atoms with Crippen LogP contribution in [0.3, 0.4) is 0 Å². The van der Waals surface area contributed by atoms with Crippen molar-refractivity contribution in [2.45, 2.75) is 39.5 Å².